The van der Waals surface area contributed by atoms with Crippen molar-refractivity contribution in [3.63, 3.8) is 0 Å². The first-order valence-corrected chi connectivity index (χ1v) is 6.43. The fourth-order valence-corrected chi connectivity index (χ4v) is 1.48. The lowest BCUT2D eigenvalue weighted by Crippen LogP contribution is -2.41. The molecule has 7 heteroatoms. The Balaban J connectivity index is 2.37. The Morgan fingerprint density at radius 2 is 2.00 bits per heavy atom. The van der Waals surface area contributed by atoms with Crippen molar-refractivity contribution >= 4 is 17.8 Å². The predicted octanol–water partition coefficient (Wildman–Crippen LogP) is 0.0829. The Morgan fingerprint density at radius 1 is 1.25 bits per heavy atom. The van der Waals surface area contributed by atoms with Crippen LogP contribution in [0, 0.1) is 0 Å². The number of urea groups is 1. The number of amides is 3. The second-order valence-electron chi connectivity index (χ2n) is 4.41. The van der Waals surface area contributed by atoms with Crippen molar-refractivity contribution in [3.05, 3.63) is 23.9 Å². The molecule has 1 rings (SSSR count). The van der Waals surface area contributed by atoms with Gasteiger partial charge in [-0.3, -0.25) is 4.79 Å². The lowest BCUT2D eigenvalue weighted by molar-refractivity contribution is -0.119. The number of likely N-dealkylation sites (N-methyl/N-ethyl adjacent to an activating group) is 1. The Kier molecular flexibility index (Phi) is 6.28. The summed E-state index contributed by atoms with van der Waals surface area (Å²) in [6.07, 6.45) is 1.69. The molecule has 1 aromatic heterocycles. The van der Waals surface area contributed by atoms with E-state index in [0.717, 1.165) is 11.4 Å². The molecule has 0 saturated heterocycles. The van der Waals surface area contributed by atoms with E-state index < -0.39 is 0 Å². The molecule has 7 nitrogen and oxygen atoms in total. The van der Waals surface area contributed by atoms with E-state index in [-0.39, 0.29) is 18.5 Å². The molecule has 3 N–H and O–H groups in total. The van der Waals surface area contributed by atoms with E-state index in [9.17, 15) is 9.59 Å². The average molecular weight is 279 g/mol. The van der Waals surface area contributed by atoms with E-state index in [4.69, 9.17) is 0 Å². The van der Waals surface area contributed by atoms with E-state index in [1.165, 1.54) is 0 Å². The van der Waals surface area contributed by atoms with Gasteiger partial charge in [0.15, 0.2) is 0 Å². The van der Waals surface area contributed by atoms with Gasteiger partial charge in [0.05, 0.1) is 6.54 Å². The number of pyridine rings is 1. The Labute approximate surface area is 118 Å². The zero-order valence-corrected chi connectivity index (χ0v) is 12.1. The Morgan fingerprint density at radius 3 is 2.65 bits per heavy atom. The lowest BCUT2D eigenvalue weighted by Gasteiger charge is -2.12. The molecule has 0 aliphatic carbocycles. The highest BCUT2D eigenvalue weighted by molar-refractivity contribution is 5.83. The summed E-state index contributed by atoms with van der Waals surface area (Å²) in [5.41, 5.74) is 0.942. The minimum Gasteiger partial charge on any atom is -0.363 e. The van der Waals surface area contributed by atoms with Gasteiger partial charge in [-0.2, -0.15) is 0 Å². The van der Waals surface area contributed by atoms with E-state index in [0.29, 0.717) is 13.1 Å². The van der Waals surface area contributed by atoms with Crippen LogP contribution in [-0.2, 0) is 11.3 Å². The number of carbonyl (C=O) groups is 2. The third-order valence-corrected chi connectivity index (χ3v) is 2.50. The number of aromatic nitrogens is 1. The number of carbonyl (C=O) groups excluding carboxylic acids is 2. The Hall–Kier alpha value is -2.31. The van der Waals surface area contributed by atoms with Gasteiger partial charge in [0.2, 0.25) is 5.91 Å². The molecule has 1 heterocycles. The first kappa shape index (κ1) is 15.7. The van der Waals surface area contributed by atoms with Crippen LogP contribution in [0.1, 0.15) is 12.5 Å². The maximum Gasteiger partial charge on any atom is 0.315 e. The summed E-state index contributed by atoms with van der Waals surface area (Å²) in [5.74, 6) is 0.619. The topological polar surface area (TPSA) is 86.4 Å². The molecule has 0 unspecified atom stereocenters. The summed E-state index contributed by atoms with van der Waals surface area (Å²) < 4.78 is 0. The number of anilines is 1. The molecule has 0 aliphatic heterocycles. The third-order valence-electron chi connectivity index (χ3n) is 2.50. The van der Waals surface area contributed by atoms with Crippen molar-refractivity contribution in [2.75, 3.05) is 32.1 Å². The quantitative estimate of drug-likeness (QED) is 0.688. The smallest absolute Gasteiger partial charge is 0.315 e. The predicted molar refractivity (Wildman–Crippen MR) is 77.5 cm³/mol. The van der Waals surface area contributed by atoms with Crippen LogP contribution in [0.5, 0.6) is 0 Å². The highest BCUT2D eigenvalue weighted by atomic mass is 16.2. The summed E-state index contributed by atoms with van der Waals surface area (Å²) in [5, 5.41) is 7.77. The maximum absolute atomic E-state index is 11.5. The first-order chi connectivity index (χ1) is 9.52. The summed E-state index contributed by atoms with van der Waals surface area (Å²) in [6, 6.07) is 3.35. The van der Waals surface area contributed by atoms with Gasteiger partial charge in [-0.25, -0.2) is 9.78 Å². The van der Waals surface area contributed by atoms with Gasteiger partial charge in [-0.15, -0.1) is 0 Å². The van der Waals surface area contributed by atoms with Crippen LogP contribution >= 0.6 is 0 Å². The third kappa shape index (κ3) is 5.55. The van der Waals surface area contributed by atoms with Crippen LogP contribution in [0.15, 0.2) is 18.3 Å². The molecule has 3 amide bonds. The molecule has 0 radical (unpaired) electrons. The minimum absolute atomic E-state index is 0.0288. The van der Waals surface area contributed by atoms with E-state index >= 15 is 0 Å². The molecule has 0 aromatic carbocycles. The SMILES string of the molecule is CCNC(=O)CNC(=O)NCc1ccnc(N(C)C)c1. The van der Waals surface area contributed by atoms with Crippen LogP contribution in [-0.4, -0.2) is 44.1 Å². The van der Waals surface area contributed by atoms with Crippen LogP contribution in [0.25, 0.3) is 0 Å². The normalized spacial score (nSPS) is 9.75. The number of rotatable bonds is 6. The molecule has 1 aromatic rings. The number of hydrogen-bond acceptors (Lipinski definition) is 4. The van der Waals surface area contributed by atoms with Crippen molar-refractivity contribution in [1.82, 2.24) is 20.9 Å². The highest BCUT2D eigenvalue weighted by Gasteiger charge is 2.04. The number of nitrogens with one attached hydrogen (secondary N) is 3. The second kappa shape index (κ2) is 7.98. The molecule has 0 fully saturated rings. The molecular weight excluding hydrogens is 258 g/mol. The van der Waals surface area contributed by atoms with Gasteiger partial charge >= 0.3 is 6.03 Å². The van der Waals surface area contributed by atoms with Crippen LogP contribution in [0.2, 0.25) is 0 Å². The number of nitrogens with zero attached hydrogens (tertiary/aromatic N) is 2. The maximum atomic E-state index is 11.5. The zero-order chi connectivity index (χ0) is 15.0. The Bertz CT molecular complexity index is 462. The van der Waals surface area contributed by atoms with Gasteiger partial charge in [0.25, 0.3) is 0 Å². The highest BCUT2D eigenvalue weighted by Crippen LogP contribution is 2.08. The monoisotopic (exact) mass is 279 g/mol. The largest absolute Gasteiger partial charge is 0.363 e. The zero-order valence-electron chi connectivity index (χ0n) is 12.1. The first-order valence-electron chi connectivity index (χ1n) is 6.43. The van der Waals surface area contributed by atoms with Crippen molar-refractivity contribution < 1.29 is 9.59 Å². The fraction of sp³-hybridized carbons (Fsp3) is 0.462. The average Bonchev–Trinajstić information content (AvgIpc) is 2.43. The molecule has 20 heavy (non-hydrogen) atoms. The van der Waals surface area contributed by atoms with Crippen molar-refractivity contribution in [2.45, 2.75) is 13.5 Å². The molecular formula is C13H21N5O2. The van der Waals surface area contributed by atoms with Crippen molar-refractivity contribution in [2.24, 2.45) is 0 Å². The summed E-state index contributed by atoms with van der Waals surface area (Å²) >= 11 is 0. The lowest BCUT2D eigenvalue weighted by atomic mass is 10.2. The van der Waals surface area contributed by atoms with Gasteiger partial charge in [0, 0.05) is 33.4 Å². The van der Waals surface area contributed by atoms with E-state index in [2.05, 4.69) is 20.9 Å². The molecule has 0 saturated carbocycles. The summed E-state index contributed by atoms with van der Waals surface area (Å²) in [4.78, 5) is 28.8. The van der Waals surface area contributed by atoms with Crippen molar-refractivity contribution in [3.8, 4) is 0 Å². The summed E-state index contributed by atoms with van der Waals surface area (Å²) in [7, 11) is 3.80. The van der Waals surface area contributed by atoms with Crippen molar-refractivity contribution in [1.29, 1.82) is 0 Å². The standard InChI is InChI=1S/C13H21N5O2/c1-4-14-12(19)9-17-13(20)16-8-10-5-6-15-11(7-10)18(2)3/h5-7H,4,8-9H2,1-3H3,(H,14,19)(H2,16,17,20). The number of hydrogen-bond donors (Lipinski definition) is 3. The van der Waals surface area contributed by atoms with Crippen LogP contribution < -0.4 is 20.9 Å². The van der Waals surface area contributed by atoms with E-state index in [1.54, 1.807) is 6.20 Å². The molecule has 0 atom stereocenters. The van der Waals surface area contributed by atoms with Crippen LogP contribution in [0.4, 0.5) is 10.6 Å². The molecule has 0 bridgehead atoms. The molecule has 0 aliphatic rings. The molecule has 110 valence electrons. The van der Waals surface area contributed by atoms with Gasteiger partial charge in [-0.1, -0.05) is 0 Å². The van der Waals surface area contributed by atoms with Gasteiger partial charge in [0.1, 0.15) is 5.82 Å². The van der Waals surface area contributed by atoms with Crippen LogP contribution in [0.3, 0.4) is 0 Å². The fourth-order valence-electron chi connectivity index (χ4n) is 1.48. The van der Waals surface area contributed by atoms with Gasteiger partial charge < -0.3 is 20.9 Å². The second-order valence-corrected chi connectivity index (χ2v) is 4.41. The minimum atomic E-state index is -0.375. The summed E-state index contributed by atoms with van der Waals surface area (Å²) in [6.45, 7) is 2.72. The molecule has 0 spiro atoms. The van der Waals surface area contributed by atoms with E-state index in [1.807, 2.05) is 38.1 Å². The van der Waals surface area contributed by atoms with Gasteiger partial charge in [-0.05, 0) is 24.6 Å².